The molecule has 5 aromatic rings. The number of amides is 2. The molecule has 0 radical (unpaired) electrons. The number of halogens is 1. The van der Waals surface area contributed by atoms with E-state index in [0.717, 1.165) is 28.5 Å². The predicted octanol–water partition coefficient (Wildman–Crippen LogP) is 6.10. The highest BCUT2D eigenvalue weighted by Gasteiger charge is 2.36. The van der Waals surface area contributed by atoms with Gasteiger partial charge >= 0.3 is 12.0 Å². The summed E-state index contributed by atoms with van der Waals surface area (Å²) in [7, 11) is 1.30. The maximum atomic E-state index is 14.5. The number of hydrogen-bond donors (Lipinski definition) is 1. The summed E-state index contributed by atoms with van der Waals surface area (Å²) in [4.78, 5) is 28.2. The number of anilines is 1. The van der Waals surface area contributed by atoms with Crippen molar-refractivity contribution in [3.05, 3.63) is 118 Å². The summed E-state index contributed by atoms with van der Waals surface area (Å²) in [6, 6.07) is 20.5. The Hall–Kier alpha value is -4.70. The molecule has 6 rings (SSSR count). The average molecular weight is 542 g/mol. The van der Waals surface area contributed by atoms with Crippen molar-refractivity contribution in [3.8, 4) is 11.5 Å². The lowest BCUT2D eigenvalue weighted by Gasteiger charge is -2.31. The largest absolute Gasteiger partial charge is 0.465 e. The molecule has 1 atom stereocenters. The second-order valence-electron chi connectivity index (χ2n) is 9.11. The summed E-state index contributed by atoms with van der Waals surface area (Å²) < 4.78 is 23.3. The summed E-state index contributed by atoms with van der Waals surface area (Å²) in [5.41, 5.74) is 4.23. The van der Waals surface area contributed by atoms with E-state index in [9.17, 15) is 14.0 Å². The Kier molecular flexibility index (Phi) is 6.24. The van der Waals surface area contributed by atoms with Gasteiger partial charge in [-0.15, -0.1) is 11.3 Å². The highest BCUT2D eigenvalue weighted by Crippen LogP contribution is 2.39. The number of benzene rings is 2. The number of hydrogen-bond acceptors (Lipinski definition) is 5. The van der Waals surface area contributed by atoms with Gasteiger partial charge in [-0.25, -0.2) is 18.7 Å². The smallest absolute Gasteiger partial charge is 0.350 e. The van der Waals surface area contributed by atoms with Gasteiger partial charge in [-0.2, -0.15) is 5.10 Å². The highest BCUT2D eigenvalue weighted by molar-refractivity contribution is 7.12. The molecule has 0 saturated heterocycles. The van der Waals surface area contributed by atoms with E-state index in [1.165, 1.54) is 30.6 Å². The third-order valence-electron chi connectivity index (χ3n) is 6.79. The zero-order valence-corrected chi connectivity index (χ0v) is 22.0. The first kappa shape index (κ1) is 24.6. The van der Waals surface area contributed by atoms with Crippen LogP contribution in [0.2, 0.25) is 0 Å². The van der Waals surface area contributed by atoms with Gasteiger partial charge in [0, 0.05) is 11.8 Å². The Labute approximate surface area is 227 Å². The number of carbonyl (C=O) groups is 2. The summed E-state index contributed by atoms with van der Waals surface area (Å²) >= 11 is 1.18. The van der Waals surface area contributed by atoms with Crippen molar-refractivity contribution in [3.63, 3.8) is 0 Å². The summed E-state index contributed by atoms with van der Waals surface area (Å²) in [5.74, 6) is -0.125. The van der Waals surface area contributed by atoms with Gasteiger partial charge in [0.1, 0.15) is 16.5 Å². The van der Waals surface area contributed by atoms with Crippen LogP contribution < -0.4 is 5.32 Å². The van der Waals surface area contributed by atoms with E-state index < -0.39 is 23.9 Å². The summed E-state index contributed by atoms with van der Waals surface area (Å²) in [6.45, 7) is 2.11. The number of para-hydroxylation sites is 1. The third-order valence-corrected chi connectivity index (χ3v) is 7.68. The molecular weight excluding hydrogens is 517 g/mol. The summed E-state index contributed by atoms with van der Waals surface area (Å²) in [6.07, 6.45) is 1.93. The molecule has 4 heterocycles. The zero-order chi connectivity index (χ0) is 27.1. The van der Waals surface area contributed by atoms with Crippen molar-refractivity contribution in [2.75, 3.05) is 12.4 Å². The molecule has 1 N–H and O–H groups in total. The fourth-order valence-electron chi connectivity index (χ4n) is 5.02. The van der Waals surface area contributed by atoms with Crippen molar-refractivity contribution in [2.24, 2.45) is 0 Å². The van der Waals surface area contributed by atoms with Crippen LogP contribution in [0.1, 0.15) is 38.2 Å². The number of esters is 1. The SMILES string of the molecule is COC(=O)c1sccc1NC(=O)N1Cc2c(C)nn(-c3ccccc3)c2-n2cccc2C1c1cccc(F)c1. The first-order valence-corrected chi connectivity index (χ1v) is 13.1. The minimum atomic E-state index is -0.632. The Balaban J connectivity index is 1.52. The Morgan fingerprint density at radius 3 is 2.67 bits per heavy atom. The number of methoxy groups -OCH3 is 1. The number of ether oxygens (including phenoxy) is 1. The van der Waals surface area contributed by atoms with Crippen LogP contribution in [0.4, 0.5) is 14.9 Å². The van der Waals surface area contributed by atoms with E-state index >= 15 is 0 Å². The molecule has 10 heteroatoms. The quantitative estimate of drug-likeness (QED) is 0.279. The number of nitrogens with zero attached hydrogens (tertiary/aromatic N) is 4. The standard InChI is InChI=1S/C29H24FN5O3S/c1-18-22-17-34(29(37)31-23-13-15-39-26(23)28(36)38-2)25(19-8-6-9-20(30)16-19)24-12-7-14-33(24)27(22)35(32-18)21-10-4-3-5-11-21/h3-16,25H,17H2,1-2H3,(H,31,37). The molecule has 1 unspecified atom stereocenters. The maximum Gasteiger partial charge on any atom is 0.350 e. The van der Waals surface area contributed by atoms with E-state index in [1.54, 1.807) is 22.4 Å². The first-order chi connectivity index (χ1) is 19.0. The molecule has 0 saturated carbocycles. The highest BCUT2D eigenvalue weighted by atomic mass is 32.1. The molecule has 39 heavy (non-hydrogen) atoms. The van der Waals surface area contributed by atoms with E-state index in [2.05, 4.69) is 5.32 Å². The number of rotatable bonds is 4. The number of fused-ring (bicyclic) bond motifs is 3. The van der Waals surface area contributed by atoms with Crippen molar-refractivity contribution in [1.29, 1.82) is 0 Å². The van der Waals surface area contributed by atoms with Gasteiger partial charge in [0.2, 0.25) is 0 Å². The minimum Gasteiger partial charge on any atom is -0.465 e. The minimum absolute atomic E-state index is 0.195. The molecule has 1 aliphatic rings. The van der Waals surface area contributed by atoms with Gasteiger partial charge in [0.05, 0.1) is 42.5 Å². The van der Waals surface area contributed by atoms with Crippen LogP contribution in [-0.2, 0) is 11.3 Å². The van der Waals surface area contributed by atoms with E-state index in [0.29, 0.717) is 16.1 Å². The van der Waals surface area contributed by atoms with Crippen molar-refractivity contribution < 1.29 is 18.7 Å². The summed E-state index contributed by atoms with van der Waals surface area (Å²) in [5, 5.41) is 9.44. The van der Waals surface area contributed by atoms with Crippen LogP contribution in [0.15, 0.2) is 84.4 Å². The third kappa shape index (κ3) is 4.28. The molecule has 0 fully saturated rings. The molecule has 0 aliphatic carbocycles. The number of aromatic nitrogens is 3. The maximum absolute atomic E-state index is 14.5. The second-order valence-corrected chi connectivity index (χ2v) is 10.0. The molecule has 0 bridgehead atoms. The fourth-order valence-corrected chi connectivity index (χ4v) is 5.79. The molecule has 8 nitrogen and oxygen atoms in total. The van der Waals surface area contributed by atoms with Crippen LogP contribution in [0.3, 0.4) is 0 Å². The molecule has 1 aliphatic heterocycles. The molecule has 3 aromatic heterocycles. The van der Waals surface area contributed by atoms with Crippen LogP contribution in [0.5, 0.6) is 0 Å². The molecule has 0 spiro atoms. The van der Waals surface area contributed by atoms with Gasteiger partial charge in [0.15, 0.2) is 0 Å². The molecular formula is C29H24FN5O3S. The van der Waals surface area contributed by atoms with Gasteiger partial charge in [0.25, 0.3) is 0 Å². The van der Waals surface area contributed by atoms with Crippen molar-refractivity contribution >= 4 is 29.0 Å². The van der Waals surface area contributed by atoms with E-state index in [-0.39, 0.29) is 6.54 Å². The Morgan fingerprint density at radius 1 is 1.08 bits per heavy atom. The zero-order valence-electron chi connectivity index (χ0n) is 21.2. The fraction of sp³-hybridized carbons (Fsp3) is 0.138. The monoisotopic (exact) mass is 541 g/mol. The van der Waals surface area contributed by atoms with Crippen LogP contribution in [0.25, 0.3) is 11.5 Å². The predicted molar refractivity (Wildman–Crippen MR) is 146 cm³/mol. The van der Waals surface area contributed by atoms with E-state index in [1.807, 2.05) is 70.9 Å². The topological polar surface area (TPSA) is 81.4 Å². The van der Waals surface area contributed by atoms with Crippen LogP contribution >= 0.6 is 11.3 Å². The molecule has 2 amide bonds. The number of thiophene rings is 1. The average Bonchev–Trinajstić information content (AvgIpc) is 3.66. The number of carbonyl (C=O) groups excluding carboxylic acids is 2. The van der Waals surface area contributed by atoms with Crippen LogP contribution in [0, 0.1) is 12.7 Å². The number of aryl methyl sites for hydroxylation is 1. The van der Waals surface area contributed by atoms with Crippen LogP contribution in [-0.4, -0.2) is 38.4 Å². The number of nitrogens with one attached hydrogen (secondary N) is 1. The van der Waals surface area contributed by atoms with Gasteiger partial charge in [-0.05, 0) is 60.3 Å². The lowest BCUT2D eigenvalue weighted by atomic mass is 10.0. The second kappa shape index (κ2) is 9.88. The van der Waals surface area contributed by atoms with E-state index in [4.69, 9.17) is 9.84 Å². The lowest BCUT2D eigenvalue weighted by molar-refractivity contribution is 0.0607. The first-order valence-electron chi connectivity index (χ1n) is 12.3. The van der Waals surface area contributed by atoms with Gasteiger partial charge in [-0.3, -0.25) is 0 Å². The normalized spacial score (nSPS) is 14.3. The van der Waals surface area contributed by atoms with Gasteiger partial charge in [-0.1, -0.05) is 30.3 Å². The van der Waals surface area contributed by atoms with Gasteiger partial charge < -0.3 is 19.5 Å². The number of urea groups is 1. The Morgan fingerprint density at radius 2 is 1.90 bits per heavy atom. The Bertz CT molecular complexity index is 1690. The van der Waals surface area contributed by atoms with Crippen molar-refractivity contribution in [1.82, 2.24) is 19.2 Å². The van der Waals surface area contributed by atoms with Crippen molar-refractivity contribution in [2.45, 2.75) is 19.5 Å². The molecule has 2 aromatic carbocycles. The lowest BCUT2D eigenvalue weighted by Crippen LogP contribution is -2.38. The molecule has 196 valence electrons.